The van der Waals surface area contributed by atoms with Gasteiger partial charge in [-0.2, -0.15) is 0 Å². The number of carbonyl (C=O) groups excluding carboxylic acids is 1. The van der Waals surface area contributed by atoms with E-state index in [4.69, 9.17) is 11.6 Å². The summed E-state index contributed by atoms with van der Waals surface area (Å²) in [5.41, 5.74) is 1.84. The number of halogens is 1. The maximum absolute atomic E-state index is 12.5. The molecule has 2 aromatic carbocycles. The fourth-order valence-corrected chi connectivity index (χ4v) is 3.43. The van der Waals surface area contributed by atoms with Crippen LogP contribution in [0, 0.1) is 0 Å². The molecule has 0 saturated carbocycles. The van der Waals surface area contributed by atoms with Crippen molar-refractivity contribution in [3.05, 3.63) is 70.2 Å². The minimum atomic E-state index is -3.48. The zero-order valence-electron chi connectivity index (χ0n) is 13.4. The summed E-state index contributed by atoms with van der Waals surface area (Å²) in [4.78, 5) is 11.4. The molecule has 0 unspecified atom stereocenters. The molecular formula is C17H18ClNO4S. The topological polar surface area (TPSA) is 63.7 Å². The second-order valence-electron chi connectivity index (χ2n) is 5.33. The summed E-state index contributed by atoms with van der Waals surface area (Å²) in [5, 5.41) is 0.606. The third-order valence-corrected chi connectivity index (χ3v) is 5.55. The molecule has 0 spiro atoms. The van der Waals surface area contributed by atoms with Crippen molar-refractivity contribution < 1.29 is 17.9 Å². The summed E-state index contributed by atoms with van der Waals surface area (Å²) < 4.78 is 30.8. The highest BCUT2D eigenvalue weighted by atomic mass is 35.5. The van der Waals surface area contributed by atoms with Crippen molar-refractivity contribution in [2.75, 3.05) is 14.2 Å². The van der Waals surface area contributed by atoms with E-state index in [-0.39, 0.29) is 12.3 Å². The Morgan fingerprint density at radius 1 is 1.04 bits per heavy atom. The lowest BCUT2D eigenvalue weighted by atomic mass is 10.1. The number of carbonyl (C=O) groups is 1. The second-order valence-corrected chi connectivity index (χ2v) is 7.84. The lowest BCUT2D eigenvalue weighted by Gasteiger charge is -2.17. The third kappa shape index (κ3) is 4.80. The first-order chi connectivity index (χ1) is 11.3. The van der Waals surface area contributed by atoms with Gasteiger partial charge >= 0.3 is 5.97 Å². The third-order valence-electron chi connectivity index (χ3n) is 3.52. The minimum absolute atomic E-state index is 0.140. The molecule has 128 valence electrons. The van der Waals surface area contributed by atoms with E-state index in [1.807, 2.05) is 0 Å². The van der Waals surface area contributed by atoms with Crippen LogP contribution >= 0.6 is 11.6 Å². The number of hydrogen-bond acceptors (Lipinski definition) is 4. The summed E-state index contributed by atoms with van der Waals surface area (Å²) in [6.07, 6.45) is 0. The fourth-order valence-electron chi connectivity index (χ4n) is 2.12. The van der Waals surface area contributed by atoms with Crippen LogP contribution in [-0.4, -0.2) is 32.8 Å². The smallest absolute Gasteiger partial charge is 0.337 e. The Hall–Kier alpha value is -1.89. The number of benzene rings is 2. The summed E-state index contributed by atoms with van der Waals surface area (Å²) >= 11 is 5.83. The van der Waals surface area contributed by atoms with Crippen LogP contribution in [0.1, 0.15) is 21.5 Å². The molecule has 7 heteroatoms. The van der Waals surface area contributed by atoms with Gasteiger partial charge < -0.3 is 4.74 Å². The van der Waals surface area contributed by atoms with Crippen LogP contribution in [-0.2, 0) is 27.1 Å². The summed E-state index contributed by atoms with van der Waals surface area (Å²) in [5.74, 6) is -0.595. The Labute approximate surface area is 146 Å². The normalized spacial score (nSPS) is 11.5. The van der Waals surface area contributed by atoms with E-state index in [1.165, 1.54) is 18.5 Å². The van der Waals surface area contributed by atoms with E-state index >= 15 is 0 Å². The highest BCUT2D eigenvalue weighted by molar-refractivity contribution is 7.88. The number of hydrogen-bond donors (Lipinski definition) is 0. The van der Waals surface area contributed by atoms with Crippen molar-refractivity contribution in [1.82, 2.24) is 4.31 Å². The first-order valence-electron chi connectivity index (χ1n) is 7.17. The van der Waals surface area contributed by atoms with Crippen LogP contribution in [0.15, 0.2) is 48.5 Å². The average molecular weight is 368 g/mol. The average Bonchev–Trinajstić information content (AvgIpc) is 2.56. The van der Waals surface area contributed by atoms with Crippen molar-refractivity contribution in [2.24, 2.45) is 0 Å². The van der Waals surface area contributed by atoms with Crippen LogP contribution in [0.3, 0.4) is 0 Å². The van der Waals surface area contributed by atoms with E-state index in [9.17, 15) is 13.2 Å². The maximum Gasteiger partial charge on any atom is 0.337 e. The number of ether oxygens (including phenoxy) is 1. The van der Waals surface area contributed by atoms with Gasteiger partial charge in [-0.25, -0.2) is 17.5 Å². The molecule has 0 fully saturated rings. The first-order valence-corrected chi connectivity index (χ1v) is 9.16. The minimum Gasteiger partial charge on any atom is -0.465 e. The molecule has 0 radical (unpaired) electrons. The van der Waals surface area contributed by atoms with Crippen molar-refractivity contribution in [1.29, 1.82) is 0 Å². The number of rotatable bonds is 6. The second kappa shape index (κ2) is 7.79. The molecule has 2 rings (SSSR count). The summed E-state index contributed by atoms with van der Waals surface area (Å²) in [6, 6.07) is 13.4. The summed E-state index contributed by atoms with van der Waals surface area (Å²) in [7, 11) is -0.644. The van der Waals surface area contributed by atoms with Crippen LogP contribution in [0.2, 0.25) is 5.02 Å². The van der Waals surface area contributed by atoms with Crippen LogP contribution in [0.25, 0.3) is 0 Å². The summed E-state index contributed by atoms with van der Waals surface area (Å²) in [6.45, 7) is 0.264. The van der Waals surface area contributed by atoms with Crippen molar-refractivity contribution in [3.8, 4) is 0 Å². The van der Waals surface area contributed by atoms with Crippen LogP contribution < -0.4 is 0 Å². The van der Waals surface area contributed by atoms with Crippen molar-refractivity contribution >= 4 is 27.6 Å². The molecule has 0 aromatic heterocycles. The lowest BCUT2D eigenvalue weighted by Crippen LogP contribution is -2.27. The van der Waals surface area contributed by atoms with Gasteiger partial charge in [0.15, 0.2) is 0 Å². The molecule has 0 aliphatic heterocycles. The highest BCUT2D eigenvalue weighted by Gasteiger charge is 2.19. The monoisotopic (exact) mass is 367 g/mol. The Balaban J connectivity index is 2.06. The molecule has 5 nitrogen and oxygen atoms in total. The van der Waals surface area contributed by atoms with Crippen LogP contribution in [0.5, 0.6) is 0 Å². The maximum atomic E-state index is 12.5. The zero-order chi connectivity index (χ0) is 17.7. The molecule has 0 saturated heterocycles. The first kappa shape index (κ1) is 18.4. The van der Waals surface area contributed by atoms with Gasteiger partial charge in [0.2, 0.25) is 10.0 Å². The molecular weight excluding hydrogens is 350 g/mol. The molecule has 0 aliphatic rings. The van der Waals surface area contributed by atoms with E-state index in [0.717, 1.165) is 5.56 Å². The Bertz CT molecular complexity index is 801. The lowest BCUT2D eigenvalue weighted by molar-refractivity contribution is 0.0600. The largest absolute Gasteiger partial charge is 0.465 e. The van der Waals surface area contributed by atoms with Crippen molar-refractivity contribution in [3.63, 3.8) is 0 Å². The quantitative estimate of drug-likeness (QED) is 0.736. The molecule has 0 amide bonds. The zero-order valence-corrected chi connectivity index (χ0v) is 15.0. The highest BCUT2D eigenvalue weighted by Crippen LogP contribution is 2.16. The molecule has 0 atom stereocenters. The van der Waals surface area contributed by atoms with E-state index in [1.54, 1.807) is 48.5 Å². The number of sulfonamides is 1. The molecule has 2 aromatic rings. The molecule has 0 aliphatic carbocycles. The van der Waals surface area contributed by atoms with Gasteiger partial charge in [0, 0.05) is 18.6 Å². The molecule has 0 N–H and O–H groups in total. The predicted octanol–water partition coefficient (Wildman–Crippen LogP) is 3.09. The number of nitrogens with zero attached hydrogens (tertiary/aromatic N) is 1. The van der Waals surface area contributed by atoms with E-state index in [2.05, 4.69) is 4.74 Å². The van der Waals surface area contributed by atoms with Gasteiger partial charge in [-0.15, -0.1) is 0 Å². The van der Waals surface area contributed by atoms with Gasteiger partial charge in [-0.3, -0.25) is 0 Å². The van der Waals surface area contributed by atoms with Crippen molar-refractivity contribution in [2.45, 2.75) is 12.3 Å². The van der Waals surface area contributed by atoms with Gasteiger partial charge in [0.1, 0.15) is 0 Å². The molecule has 24 heavy (non-hydrogen) atoms. The standard InChI is InChI=1S/C17H18ClNO4S/c1-19(11-13-5-9-16(18)10-6-13)24(21,22)12-14-3-7-15(8-4-14)17(20)23-2/h3-10H,11-12H2,1-2H3. The predicted molar refractivity (Wildman–Crippen MR) is 93.3 cm³/mol. The molecule has 0 bridgehead atoms. The Morgan fingerprint density at radius 2 is 1.58 bits per heavy atom. The van der Waals surface area contributed by atoms with Gasteiger partial charge in [-0.05, 0) is 35.4 Å². The van der Waals surface area contributed by atoms with E-state index in [0.29, 0.717) is 16.1 Å². The van der Waals surface area contributed by atoms with Gasteiger partial charge in [0.25, 0.3) is 0 Å². The van der Waals surface area contributed by atoms with Gasteiger partial charge in [0.05, 0.1) is 18.4 Å². The number of esters is 1. The van der Waals surface area contributed by atoms with E-state index < -0.39 is 16.0 Å². The van der Waals surface area contributed by atoms with Crippen LogP contribution in [0.4, 0.5) is 0 Å². The SMILES string of the molecule is COC(=O)c1ccc(CS(=O)(=O)N(C)Cc2ccc(Cl)cc2)cc1. The van der Waals surface area contributed by atoms with Gasteiger partial charge in [-0.1, -0.05) is 35.9 Å². The number of methoxy groups -OCH3 is 1. The fraction of sp³-hybridized carbons (Fsp3) is 0.235. The Kier molecular flexibility index (Phi) is 5.99. The molecule has 0 heterocycles. The Morgan fingerprint density at radius 3 is 2.12 bits per heavy atom.